The third-order valence-electron chi connectivity index (χ3n) is 3.05. The molecule has 2 amide bonds. The van der Waals surface area contributed by atoms with Crippen molar-refractivity contribution in [2.24, 2.45) is 5.73 Å². The van der Waals surface area contributed by atoms with Crippen LogP contribution < -0.4 is 15.8 Å². The highest BCUT2D eigenvalue weighted by atomic mass is 35.5. The fraction of sp³-hybridized carbons (Fsp3) is 0.125. The minimum atomic E-state index is -0.710. The van der Waals surface area contributed by atoms with Gasteiger partial charge in [0.1, 0.15) is 5.75 Å². The zero-order valence-electron chi connectivity index (χ0n) is 12.2. The standard InChI is InChI=1S/C16H14Cl2N2O3/c1-9-4-2-3-5-14(9)23-8-15(21)20-13-6-10(16(19)22)11(17)7-12(13)18/h2-7H,8H2,1H3,(H2,19,22)(H,20,21). The molecule has 5 nitrogen and oxygen atoms in total. The number of ether oxygens (including phenoxy) is 1. The van der Waals surface area contributed by atoms with Crippen LogP contribution in [0.25, 0.3) is 0 Å². The number of benzene rings is 2. The first-order valence-electron chi connectivity index (χ1n) is 6.65. The molecule has 0 bridgehead atoms. The average Bonchev–Trinajstić information content (AvgIpc) is 2.49. The lowest BCUT2D eigenvalue weighted by Crippen LogP contribution is -2.21. The average molecular weight is 353 g/mol. The molecule has 0 aromatic heterocycles. The van der Waals surface area contributed by atoms with Gasteiger partial charge in [0, 0.05) is 0 Å². The summed E-state index contributed by atoms with van der Waals surface area (Å²) in [6.07, 6.45) is 0. The summed E-state index contributed by atoms with van der Waals surface area (Å²) in [7, 11) is 0. The quantitative estimate of drug-likeness (QED) is 0.864. The van der Waals surface area contributed by atoms with E-state index in [1.807, 2.05) is 25.1 Å². The Labute approximate surface area is 143 Å². The highest BCUT2D eigenvalue weighted by Gasteiger charge is 2.14. The molecule has 2 rings (SSSR count). The summed E-state index contributed by atoms with van der Waals surface area (Å²) in [5.41, 5.74) is 6.44. The highest BCUT2D eigenvalue weighted by molar-refractivity contribution is 6.38. The van der Waals surface area contributed by atoms with Gasteiger partial charge in [-0.15, -0.1) is 0 Å². The molecular weight excluding hydrogens is 339 g/mol. The molecule has 0 atom stereocenters. The summed E-state index contributed by atoms with van der Waals surface area (Å²) >= 11 is 11.9. The lowest BCUT2D eigenvalue weighted by Gasteiger charge is -2.11. The van der Waals surface area contributed by atoms with Crippen molar-refractivity contribution >= 4 is 40.7 Å². The van der Waals surface area contributed by atoms with Crippen LogP contribution in [-0.4, -0.2) is 18.4 Å². The number of rotatable bonds is 5. The number of carbonyl (C=O) groups is 2. The van der Waals surface area contributed by atoms with Crippen molar-refractivity contribution < 1.29 is 14.3 Å². The van der Waals surface area contributed by atoms with Gasteiger partial charge >= 0.3 is 0 Å². The van der Waals surface area contributed by atoms with E-state index in [1.54, 1.807) is 6.07 Å². The molecular formula is C16H14Cl2N2O3. The Balaban J connectivity index is 2.07. The van der Waals surface area contributed by atoms with Crippen LogP contribution in [0.2, 0.25) is 10.0 Å². The molecule has 120 valence electrons. The second-order valence-corrected chi connectivity index (χ2v) is 5.59. The Morgan fingerprint density at radius 2 is 1.87 bits per heavy atom. The van der Waals surface area contributed by atoms with Gasteiger partial charge in [0.25, 0.3) is 5.91 Å². The molecule has 0 aliphatic heterocycles. The van der Waals surface area contributed by atoms with Crippen LogP contribution in [0.1, 0.15) is 15.9 Å². The Hall–Kier alpha value is -2.24. The van der Waals surface area contributed by atoms with Gasteiger partial charge in [-0.2, -0.15) is 0 Å². The van der Waals surface area contributed by atoms with E-state index in [1.165, 1.54) is 12.1 Å². The molecule has 0 heterocycles. The third-order valence-corrected chi connectivity index (χ3v) is 3.67. The lowest BCUT2D eigenvalue weighted by atomic mass is 10.2. The first kappa shape index (κ1) is 17.1. The molecule has 0 spiro atoms. The molecule has 0 aliphatic rings. The number of primary amides is 1. The van der Waals surface area contributed by atoms with E-state index in [4.69, 9.17) is 33.7 Å². The summed E-state index contributed by atoms with van der Waals surface area (Å²) in [6, 6.07) is 10.0. The van der Waals surface area contributed by atoms with Crippen molar-refractivity contribution in [3.63, 3.8) is 0 Å². The molecule has 3 N–H and O–H groups in total. The van der Waals surface area contributed by atoms with Crippen molar-refractivity contribution in [3.05, 3.63) is 57.6 Å². The van der Waals surface area contributed by atoms with Crippen LogP contribution in [-0.2, 0) is 4.79 Å². The van der Waals surface area contributed by atoms with E-state index in [0.717, 1.165) is 5.56 Å². The Kier molecular flexibility index (Phi) is 5.47. The lowest BCUT2D eigenvalue weighted by molar-refractivity contribution is -0.118. The van der Waals surface area contributed by atoms with E-state index < -0.39 is 11.8 Å². The highest BCUT2D eigenvalue weighted by Crippen LogP contribution is 2.29. The molecule has 2 aromatic rings. The summed E-state index contributed by atoms with van der Waals surface area (Å²) in [6.45, 7) is 1.68. The smallest absolute Gasteiger partial charge is 0.262 e. The van der Waals surface area contributed by atoms with E-state index >= 15 is 0 Å². The maximum Gasteiger partial charge on any atom is 0.262 e. The first-order valence-corrected chi connectivity index (χ1v) is 7.41. The second kappa shape index (κ2) is 7.35. The van der Waals surface area contributed by atoms with E-state index in [2.05, 4.69) is 5.32 Å². The number of nitrogens with one attached hydrogen (secondary N) is 1. The minimum absolute atomic E-state index is 0.0752. The number of para-hydroxylation sites is 1. The fourth-order valence-corrected chi connectivity index (χ4v) is 2.41. The van der Waals surface area contributed by atoms with E-state index in [9.17, 15) is 9.59 Å². The molecule has 2 aromatic carbocycles. The number of halogens is 2. The van der Waals surface area contributed by atoms with Crippen molar-refractivity contribution in [1.82, 2.24) is 0 Å². The zero-order chi connectivity index (χ0) is 17.0. The molecule has 0 radical (unpaired) electrons. The number of hydrogen-bond acceptors (Lipinski definition) is 3. The van der Waals surface area contributed by atoms with Crippen LogP contribution >= 0.6 is 23.2 Å². The second-order valence-electron chi connectivity index (χ2n) is 4.78. The molecule has 0 aliphatic carbocycles. The van der Waals surface area contributed by atoms with Crippen LogP contribution in [0.5, 0.6) is 5.75 Å². The van der Waals surface area contributed by atoms with Crippen LogP contribution in [0.4, 0.5) is 5.69 Å². The fourth-order valence-electron chi connectivity index (χ4n) is 1.88. The predicted octanol–water partition coefficient (Wildman–Crippen LogP) is 3.42. The minimum Gasteiger partial charge on any atom is -0.483 e. The summed E-state index contributed by atoms with van der Waals surface area (Å²) in [5, 5.41) is 2.88. The number of carbonyl (C=O) groups excluding carboxylic acids is 2. The van der Waals surface area contributed by atoms with Gasteiger partial charge in [-0.05, 0) is 30.7 Å². The van der Waals surface area contributed by atoms with Crippen LogP contribution in [0.15, 0.2) is 36.4 Å². The van der Waals surface area contributed by atoms with Gasteiger partial charge in [0.15, 0.2) is 6.61 Å². The predicted molar refractivity (Wildman–Crippen MR) is 90.3 cm³/mol. The maximum absolute atomic E-state index is 12.0. The Morgan fingerprint density at radius 1 is 1.17 bits per heavy atom. The number of amides is 2. The summed E-state index contributed by atoms with van der Waals surface area (Å²) < 4.78 is 5.44. The van der Waals surface area contributed by atoms with Crippen molar-refractivity contribution in [2.75, 3.05) is 11.9 Å². The van der Waals surface area contributed by atoms with Crippen molar-refractivity contribution in [2.45, 2.75) is 6.92 Å². The van der Waals surface area contributed by atoms with Gasteiger partial charge < -0.3 is 15.8 Å². The molecule has 0 fully saturated rings. The topological polar surface area (TPSA) is 81.4 Å². The molecule has 0 saturated carbocycles. The number of nitrogens with two attached hydrogens (primary N) is 1. The molecule has 0 saturated heterocycles. The van der Waals surface area contributed by atoms with Crippen LogP contribution in [0, 0.1) is 6.92 Å². The molecule has 7 heteroatoms. The van der Waals surface area contributed by atoms with Crippen LogP contribution in [0.3, 0.4) is 0 Å². The first-order chi connectivity index (χ1) is 10.9. The van der Waals surface area contributed by atoms with Gasteiger partial charge in [0.2, 0.25) is 5.91 Å². The van der Waals surface area contributed by atoms with Gasteiger partial charge in [0.05, 0.1) is 21.3 Å². The SMILES string of the molecule is Cc1ccccc1OCC(=O)Nc1cc(C(N)=O)c(Cl)cc1Cl. The zero-order valence-corrected chi connectivity index (χ0v) is 13.7. The van der Waals surface area contributed by atoms with Gasteiger partial charge in [-0.3, -0.25) is 9.59 Å². The maximum atomic E-state index is 12.0. The number of hydrogen-bond donors (Lipinski definition) is 2. The Morgan fingerprint density at radius 3 is 2.52 bits per heavy atom. The van der Waals surface area contributed by atoms with Gasteiger partial charge in [-0.25, -0.2) is 0 Å². The largest absolute Gasteiger partial charge is 0.483 e. The number of anilines is 1. The van der Waals surface area contributed by atoms with Gasteiger partial charge in [-0.1, -0.05) is 41.4 Å². The van der Waals surface area contributed by atoms with Crippen molar-refractivity contribution in [1.29, 1.82) is 0 Å². The van der Waals surface area contributed by atoms with Crippen molar-refractivity contribution in [3.8, 4) is 5.75 Å². The van der Waals surface area contributed by atoms with E-state index in [0.29, 0.717) is 5.75 Å². The van der Waals surface area contributed by atoms with E-state index in [-0.39, 0.29) is 27.9 Å². The number of aryl methyl sites for hydroxylation is 1. The molecule has 23 heavy (non-hydrogen) atoms. The summed E-state index contributed by atoms with van der Waals surface area (Å²) in [4.78, 5) is 23.2. The Bertz CT molecular complexity index is 763. The monoisotopic (exact) mass is 352 g/mol. The summed E-state index contributed by atoms with van der Waals surface area (Å²) in [5.74, 6) is -0.520. The molecule has 0 unspecified atom stereocenters. The third kappa shape index (κ3) is 4.37. The normalized spacial score (nSPS) is 10.2.